The number of carbonyl (C=O) groups excluding carboxylic acids is 3. The number of hydrogen-bond acceptors (Lipinski definition) is 10. The van der Waals surface area contributed by atoms with E-state index in [-0.39, 0.29) is 31.7 Å². The Morgan fingerprint density at radius 3 is 2.26 bits per heavy atom. The second kappa shape index (κ2) is 9.95. The molecule has 2 heterocycles. The molecule has 0 bridgehead atoms. The number of hydrogen-bond donors (Lipinski definition) is 9. The van der Waals surface area contributed by atoms with Gasteiger partial charge in [-0.3, -0.25) is 23.5 Å². The smallest absolute Gasteiger partial charge is 0.404 e. The van der Waals surface area contributed by atoms with Crippen LogP contribution in [0.15, 0.2) is 0 Å². The lowest BCUT2D eigenvalue weighted by Crippen LogP contribution is -2.84. The van der Waals surface area contributed by atoms with E-state index in [1.54, 1.807) is 0 Å². The molecule has 2 rings (SSSR count). The Kier molecular flexibility index (Phi) is 8.38. The third-order valence-electron chi connectivity index (χ3n) is 5.76. The number of ether oxygens (including phenoxy) is 1. The first-order chi connectivity index (χ1) is 15.8. The number of unbranched alkanes of at least 4 members (excludes halogenated alkanes) is 1. The van der Waals surface area contributed by atoms with Crippen LogP contribution < -0.4 is 16.8 Å². The predicted octanol–water partition coefficient (Wildman–Crippen LogP) is -2.95. The molecule has 0 spiro atoms. The minimum atomic E-state index is -5.60. The summed E-state index contributed by atoms with van der Waals surface area (Å²) in [6, 6.07) is 0. The number of nitrogens with two attached hydrogens (primary N) is 2. The maximum Gasteiger partial charge on any atom is 0.404 e. The van der Waals surface area contributed by atoms with Gasteiger partial charge in [0, 0.05) is 18.8 Å². The number of nitrogens with one attached hydrogen (secondary N) is 1. The topological polar surface area (TPSA) is 300 Å². The van der Waals surface area contributed by atoms with Crippen molar-refractivity contribution in [2.75, 3.05) is 25.4 Å². The number of thioether (sulfide) groups is 1. The Morgan fingerprint density at radius 2 is 1.77 bits per heavy atom. The van der Waals surface area contributed by atoms with Crippen molar-refractivity contribution in [3.8, 4) is 0 Å². The molecule has 0 aromatic rings. The molecule has 3 amide bonds. The van der Waals surface area contributed by atoms with E-state index in [9.17, 15) is 38.5 Å². The highest BCUT2D eigenvalue weighted by molar-refractivity contribution is 8.00. The molecule has 11 N–H and O–H groups in total. The highest BCUT2D eigenvalue weighted by Crippen LogP contribution is 2.69. The number of carboxylic acid groups (broad SMARTS) is 1. The highest BCUT2D eigenvalue weighted by atomic mass is 32.2. The lowest BCUT2D eigenvalue weighted by molar-refractivity contribution is -0.167. The monoisotopic (exact) mass is 564 g/mol. The number of aliphatic carboxylic acids is 1. The molecule has 2 saturated heterocycles. The lowest BCUT2D eigenvalue weighted by Gasteiger charge is -2.57. The van der Waals surface area contributed by atoms with Gasteiger partial charge in [0.25, 0.3) is 16.9 Å². The van der Waals surface area contributed by atoms with Crippen molar-refractivity contribution in [3.05, 3.63) is 0 Å². The number of nitrogens with zero attached hydrogens (tertiary/aromatic N) is 1. The number of carboxylic acids is 1. The third-order valence-corrected chi connectivity index (χ3v) is 11.3. The molecule has 0 saturated carbocycles. The Labute approximate surface area is 201 Å². The number of fused-ring (bicyclic) bond motifs is 1. The Bertz CT molecular complexity index is 979. The fourth-order valence-electron chi connectivity index (χ4n) is 3.61. The zero-order valence-electron chi connectivity index (χ0n) is 18.0. The van der Waals surface area contributed by atoms with Crippen molar-refractivity contribution in [1.29, 1.82) is 0 Å². The van der Waals surface area contributed by atoms with Gasteiger partial charge in [-0.15, -0.1) is 11.8 Å². The molecule has 0 aromatic heterocycles. The number of primary amides is 1. The normalized spacial score (nSPS) is 27.0. The molecular weight excluding hydrogens is 538 g/mol. The zero-order chi connectivity index (χ0) is 27.0. The molecule has 0 aromatic carbocycles. The minimum absolute atomic E-state index is 0.0908. The summed E-state index contributed by atoms with van der Waals surface area (Å²) in [6.07, 6.45) is -2.57. The van der Waals surface area contributed by atoms with Crippen LogP contribution >= 0.6 is 27.0 Å². The van der Waals surface area contributed by atoms with Crippen molar-refractivity contribution in [2.45, 2.75) is 35.3 Å². The average molecular weight is 564 g/mol. The van der Waals surface area contributed by atoms with Crippen LogP contribution in [0.25, 0.3) is 0 Å². The molecule has 0 aliphatic carbocycles. The second-order valence-corrected chi connectivity index (χ2v) is 13.3. The van der Waals surface area contributed by atoms with Gasteiger partial charge in [-0.25, -0.2) is 4.79 Å². The van der Waals surface area contributed by atoms with E-state index >= 15 is 0 Å². The lowest BCUT2D eigenvalue weighted by atomic mass is 9.82. The van der Waals surface area contributed by atoms with Crippen LogP contribution in [0, 0.1) is 5.41 Å². The SMILES string of the molecule is NC(=O)OCC1(C(=O)O)CS[C@H]2N(C1)C(=O)C2(N)C(=O)NCCCCC(O)(P(=O)(O)O)P(=O)(O)O. The fourth-order valence-corrected chi connectivity index (χ4v) is 7.46. The van der Waals surface area contributed by atoms with Gasteiger partial charge >= 0.3 is 27.3 Å². The van der Waals surface area contributed by atoms with E-state index in [0.29, 0.717) is 0 Å². The van der Waals surface area contributed by atoms with Gasteiger partial charge in [0.15, 0.2) is 0 Å². The van der Waals surface area contributed by atoms with E-state index in [2.05, 4.69) is 10.1 Å². The van der Waals surface area contributed by atoms with Gasteiger partial charge < -0.3 is 56.2 Å². The summed E-state index contributed by atoms with van der Waals surface area (Å²) in [5.74, 6) is -3.30. The van der Waals surface area contributed by atoms with Crippen LogP contribution in [-0.4, -0.2) is 100 Å². The zero-order valence-corrected chi connectivity index (χ0v) is 20.6. The quantitative estimate of drug-likeness (QED) is 0.0524. The van der Waals surface area contributed by atoms with Crippen molar-refractivity contribution in [2.24, 2.45) is 16.9 Å². The number of rotatable bonds is 11. The Balaban J connectivity index is 1.95. The van der Waals surface area contributed by atoms with Gasteiger partial charge in [-0.1, -0.05) is 0 Å². The van der Waals surface area contributed by atoms with Crippen LogP contribution in [0.1, 0.15) is 19.3 Å². The summed E-state index contributed by atoms with van der Waals surface area (Å²) in [6.45, 7) is -1.20. The van der Waals surface area contributed by atoms with Crippen molar-refractivity contribution in [3.63, 3.8) is 0 Å². The summed E-state index contributed by atoms with van der Waals surface area (Å²) < 4.78 is 27.3. The largest absolute Gasteiger partial charge is 0.481 e. The van der Waals surface area contributed by atoms with Gasteiger partial charge in [0.1, 0.15) is 17.4 Å². The predicted molar refractivity (Wildman–Crippen MR) is 116 cm³/mol. The van der Waals surface area contributed by atoms with Crippen LogP contribution in [0.4, 0.5) is 4.79 Å². The summed E-state index contributed by atoms with van der Waals surface area (Å²) in [5.41, 5.74) is 7.19. The summed E-state index contributed by atoms with van der Waals surface area (Å²) in [4.78, 5) is 85.4. The van der Waals surface area contributed by atoms with Crippen LogP contribution in [0.3, 0.4) is 0 Å². The van der Waals surface area contributed by atoms with Crippen LogP contribution in [0.2, 0.25) is 0 Å². The number of aliphatic hydroxyl groups is 1. The standard InChI is InChI=1S/C15H26N4O13P2S/c16-12(24)32-6-13(11(22)23)5-19-9(21)15(17,10(19)35-7-13)8(20)18-4-2-1-3-14(25,33(26,27)28)34(29,30)31/h10,25H,1-7,17H2,(H2,16,24)(H,18,20)(H,22,23)(H2,26,27,28)(H2,29,30,31)/t10-,13?,15?/m1/s1. The minimum Gasteiger partial charge on any atom is -0.481 e. The third kappa shape index (κ3) is 5.35. The number of carbonyl (C=O) groups is 4. The number of β-lactam (4-membered cyclic amide) rings is 1. The first-order valence-corrected chi connectivity index (χ1v) is 14.1. The molecular formula is C15H26N4O13P2S. The molecule has 2 aliphatic heterocycles. The summed E-state index contributed by atoms with van der Waals surface area (Å²) in [5, 5.41) is 17.2. The van der Waals surface area contributed by atoms with Crippen molar-refractivity contribution in [1.82, 2.24) is 10.2 Å². The van der Waals surface area contributed by atoms with Crippen LogP contribution in [0.5, 0.6) is 0 Å². The maximum absolute atomic E-state index is 12.6. The first kappa shape index (κ1) is 29.5. The maximum atomic E-state index is 12.6. The molecule has 0 radical (unpaired) electrons. The Hall–Kier alpha value is -1.75. The second-order valence-electron chi connectivity index (χ2n) is 8.23. The van der Waals surface area contributed by atoms with E-state index < -0.39 is 73.5 Å². The summed E-state index contributed by atoms with van der Waals surface area (Å²) in [7, 11) is -11.2. The summed E-state index contributed by atoms with van der Waals surface area (Å²) >= 11 is 0.892. The Morgan fingerprint density at radius 1 is 1.20 bits per heavy atom. The van der Waals surface area contributed by atoms with Gasteiger partial charge in [-0.2, -0.15) is 0 Å². The van der Waals surface area contributed by atoms with Gasteiger partial charge in [0.05, 0.1) is 0 Å². The van der Waals surface area contributed by atoms with Crippen molar-refractivity contribution < 1.29 is 62.8 Å². The number of amides is 3. The van der Waals surface area contributed by atoms with Gasteiger partial charge in [0.2, 0.25) is 5.54 Å². The first-order valence-electron chi connectivity index (χ1n) is 9.83. The highest BCUT2D eigenvalue weighted by Gasteiger charge is 2.68. The molecule has 3 atom stereocenters. The van der Waals surface area contributed by atoms with Gasteiger partial charge in [-0.05, 0) is 19.3 Å². The molecule has 2 fully saturated rings. The molecule has 200 valence electrons. The van der Waals surface area contributed by atoms with E-state index in [1.807, 2.05) is 0 Å². The average Bonchev–Trinajstić information content (AvgIpc) is 2.74. The van der Waals surface area contributed by atoms with E-state index in [4.69, 9.17) is 31.0 Å². The molecule has 2 unspecified atom stereocenters. The van der Waals surface area contributed by atoms with E-state index in [1.165, 1.54) is 0 Å². The van der Waals surface area contributed by atoms with Crippen molar-refractivity contribution >= 4 is 50.8 Å². The molecule has 2 aliphatic rings. The molecule has 17 nitrogen and oxygen atoms in total. The van der Waals surface area contributed by atoms with Crippen LogP contribution in [-0.2, 0) is 28.3 Å². The molecule has 20 heteroatoms. The fraction of sp³-hybridized carbons (Fsp3) is 0.733. The van der Waals surface area contributed by atoms with E-state index in [0.717, 1.165) is 16.7 Å². The molecule has 35 heavy (non-hydrogen) atoms.